The van der Waals surface area contributed by atoms with Gasteiger partial charge in [-0.1, -0.05) is 0 Å². The average molecular weight is 350 g/mol. The van der Waals surface area contributed by atoms with Gasteiger partial charge in [-0.3, -0.25) is 4.79 Å². The van der Waals surface area contributed by atoms with Gasteiger partial charge in [-0.25, -0.2) is 4.98 Å². The second kappa shape index (κ2) is 5.80. The number of hydrogen-bond donors (Lipinski definition) is 2. The second-order valence-electron chi connectivity index (χ2n) is 6.25. The van der Waals surface area contributed by atoms with Crippen LogP contribution < -0.4 is 11.1 Å². The van der Waals surface area contributed by atoms with Crippen molar-refractivity contribution in [1.29, 1.82) is 0 Å². The third-order valence-electron chi connectivity index (χ3n) is 4.33. The molecule has 0 unspecified atom stereocenters. The van der Waals surface area contributed by atoms with Gasteiger partial charge in [0.2, 0.25) is 0 Å². The van der Waals surface area contributed by atoms with E-state index in [1.807, 2.05) is 22.9 Å². The number of carbonyl (C=O) groups is 1. The normalized spacial score (nSPS) is 11.5. The first-order valence-corrected chi connectivity index (χ1v) is 8.20. The fraction of sp³-hybridized carbons (Fsp3) is 0.235. The summed E-state index contributed by atoms with van der Waals surface area (Å²) in [7, 11) is 1.78. The Morgan fingerprint density at radius 2 is 2.12 bits per heavy atom. The highest BCUT2D eigenvalue weighted by atomic mass is 16.1. The van der Waals surface area contributed by atoms with Crippen molar-refractivity contribution >= 4 is 28.4 Å². The van der Waals surface area contributed by atoms with Crippen molar-refractivity contribution in [3.8, 4) is 11.3 Å². The Balaban J connectivity index is 2.05. The smallest absolute Gasteiger partial charge is 0.254 e. The maximum Gasteiger partial charge on any atom is 0.254 e. The number of amides is 1. The Morgan fingerprint density at radius 1 is 1.31 bits per heavy atom. The van der Waals surface area contributed by atoms with Gasteiger partial charge in [0, 0.05) is 36.3 Å². The molecule has 0 aromatic carbocycles. The number of nitrogens with two attached hydrogens (primary N) is 1. The van der Waals surface area contributed by atoms with E-state index < -0.39 is 5.91 Å². The Labute approximate surface area is 148 Å². The van der Waals surface area contributed by atoms with Crippen LogP contribution in [-0.4, -0.2) is 42.3 Å². The van der Waals surface area contributed by atoms with Crippen LogP contribution >= 0.6 is 0 Å². The van der Waals surface area contributed by atoms with Crippen LogP contribution in [0.3, 0.4) is 0 Å². The molecule has 0 spiro atoms. The van der Waals surface area contributed by atoms with E-state index in [4.69, 9.17) is 5.73 Å². The van der Waals surface area contributed by atoms with Crippen LogP contribution in [0.5, 0.6) is 0 Å². The number of nitrogens with zero attached hydrogens (tertiary/aromatic N) is 6. The van der Waals surface area contributed by atoms with Crippen molar-refractivity contribution in [3.05, 3.63) is 36.3 Å². The van der Waals surface area contributed by atoms with Crippen LogP contribution in [0.2, 0.25) is 0 Å². The van der Waals surface area contributed by atoms with Gasteiger partial charge in [0.05, 0.1) is 18.1 Å². The van der Waals surface area contributed by atoms with Crippen molar-refractivity contribution in [2.45, 2.75) is 19.9 Å². The van der Waals surface area contributed by atoms with E-state index in [1.165, 1.54) is 6.20 Å². The molecule has 4 heterocycles. The van der Waals surface area contributed by atoms with Gasteiger partial charge in [-0.2, -0.15) is 14.7 Å². The van der Waals surface area contributed by atoms with Crippen molar-refractivity contribution < 1.29 is 4.79 Å². The maximum absolute atomic E-state index is 11.7. The van der Waals surface area contributed by atoms with Gasteiger partial charge < -0.3 is 15.6 Å². The monoisotopic (exact) mass is 350 g/mol. The third kappa shape index (κ3) is 2.28. The fourth-order valence-electron chi connectivity index (χ4n) is 3.05. The highest BCUT2D eigenvalue weighted by Crippen LogP contribution is 2.32. The van der Waals surface area contributed by atoms with Gasteiger partial charge in [-0.15, -0.1) is 5.10 Å². The third-order valence-corrected chi connectivity index (χ3v) is 4.33. The predicted molar refractivity (Wildman–Crippen MR) is 98.0 cm³/mol. The van der Waals surface area contributed by atoms with E-state index in [2.05, 4.69) is 39.4 Å². The summed E-state index contributed by atoms with van der Waals surface area (Å²) in [6, 6.07) is 4.00. The van der Waals surface area contributed by atoms with Crippen molar-refractivity contribution in [1.82, 2.24) is 29.4 Å². The lowest BCUT2D eigenvalue weighted by atomic mass is 10.1. The number of nitrogens with one attached hydrogen (secondary N) is 1. The number of hydrogen-bond acceptors (Lipinski definition) is 6. The molecule has 0 atom stereocenters. The zero-order valence-electron chi connectivity index (χ0n) is 14.6. The molecule has 0 aliphatic heterocycles. The Hall–Kier alpha value is -3.49. The first-order chi connectivity index (χ1) is 12.5. The van der Waals surface area contributed by atoms with Crippen LogP contribution in [0.1, 0.15) is 30.2 Å². The van der Waals surface area contributed by atoms with E-state index in [1.54, 1.807) is 17.8 Å². The Morgan fingerprint density at radius 3 is 2.81 bits per heavy atom. The highest BCUT2D eigenvalue weighted by Gasteiger charge is 2.19. The molecule has 0 aliphatic rings. The van der Waals surface area contributed by atoms with Crippen LogP contribution in [-0.2, 0) is 0 Å². The summed E-state index contributed by atoms with van der Waals surface area (Å²) in [5, 5.41) is 16.5. The van der Waals surface area contributed by atoms with Gasteiger partial charge in [0.15, 0.2) is 11.3 Å². The van der Waals surface area contributed by atoms with Crippen LogP contribution in [0.15, 0.2) is 30.7 Å². The molecule has 0 saturated heterocycles. The summed E-state index contributed by atoms with van der Waals surface area (Å²) in [5.74, 6) is 0.132. The minimum atomic E-state index is -0.567. The molecule has 0 saturated carbocycles. The number of anilines is 1. The molecule has 0 aliphatic carbocycles. The van der Waals surface area contributed by atoms with Crippen LogP contribution in [0.25, 0.3) is 27.9 Å². The molecule has 9 nitrogen and oxygen atoms in total. The molecule has 3 N–H and O–H groups in total. The first kappa shape index (κ1) is 16.0. The molecular weight excluding hydrogens is 332 g/mol. The summed E-state index contributed by atoms with van der Waals surface area (Å²) in [6.07, 6.45) is 5.09. The largest absolute Gasteiger partial charge is 0.373 e. The molecule has 132 valence electrons. The summed E-state index contributed by atoms with van der Waals surface area (Å²) in [5.41, 5.74) is 8.53. The molecule has 0 bridgehead atoms. The van der Waals surface area contributed by atoms with Gasteiger partial charge >= 0.3 is 0 Å². The lowest BCUT2D eigenvalue weighted by Gasteiger charge is -2.08. The quantitative estimate of drug-likeness (QED) is 0.580. The molecule has 4 rings (SSSR count). The standard InChI is InChI=1S/C17H18N8O/c1-9(2)24-8-12(10-4-5-20-23-17(10)24)13-6-14(19-3)25-16(22-13)11(7-21-25)15(18)26/h4-9,19H,1-3H3,(H2,18,26). The van der Waals surface area contributed by atoms with Crippen molar-refractivity contribution in [2.24, 2.45) is 5.73 Å². The van der Waals surface area contributed by atoms with Gasteiger partial charge in [0.25, 0.3) is 5.91 Å². The van der Waals surface area contributed by atoms with E-state index in [-0.39, 0.29) is 11.6 Å². The van der Waals surface area contributed by atoms with E-state index in [0.29, 0.717) is 17.2 Å². The molecule has 0 radical (unpaired) electrons. The zero-order valence-corrected chi connectivity index (χ0v) is 14.6. The zero-order chi connectivity index (χ0) is 18.4. The van der Waals surface area contributed by atoms with E-state index >= 15 is 0 Å². The minimum absolute atomic E-state index is 0.214. The molecule has 1 amide bonds. The minimum Gasteiger partial charge on any atom is -0.373 e. The van der Waals surface area contributed by atoms with Crippen molar-refractivity contribution in [3.63, 3.8) is 0 Å². The predicted octanol–water partition coefficient (Wildman–Crippen LogP) is 1.86. The number of primary amides is 1. The van der Waals surface area contributed by atoms with Gasteiger partial charge in [0.1, 0.15) is 11.4 Å². The lowest BCUT2D eigenvalue weighted by Crippen LogP contribution is -2.11. The molecule has 26 heavy (non-hydrogen) atoms. The number of carbonyl (C=O) groups excluding carboxylic acids is 1. The lowest BCUT2D eigenvalue weighted by molar-refractivity contribution is 0.100. The first-order valence-electron chi connectivity index (χ1n) is 8.20. The number of rotatable bonds is 4. The average Bonchev–Trinajstić information content (AvgIpc) is 3.22. The number of aromatic nitrogens is 6. The molecule has 9 heteroatoms. The summed E-state index contributed by atoms with van der Waals surface area (Å²) in [4.78, 5) is 16.4. The fourth-order valence-corrected chi connectivity index (χ4v) is 3.05. The molecule has 4 aromatic heterocycles. The maximum atomic E-state index is 11.7. The molecule has 4 aromatic rings. The van der Waals surface area contributed by atoms with Crippen molar-refractivity contribution in [2.75, 3.05) is 12.4 Å². The van der Waals surface area contributed by atoms with Crippen LogP contribution in [0, 0.1) is 0 Å². The number of fused-ring (bicyclic) bond motifs is 2. The summed E-state index contributed by atoms with van der Waals surface area (Å²) in [6.45, 7) is 4.16. The summed E-state index contributed by atoms with van der Waals surface area (Å²) >= 11 is 0. The Kier molecular flexibility index (Phi) is 3.57. The van der Waals surface area contributed by atoms with E-state index in [0.717, 1.165) is 16.6 Å². The van der Waals surface area contributed by atoms with Gasteiger partial charge in [-0.05, 0) is 19.9 Å². The Bertz CT molecular complexity index is 1140. The second-order valence-corrected chi connectivity index (χ2v) is 6.25. The molecular formula is C17H18N8O. The highest BCUT2D eigenvalue weighted by molar-refractivity contribution is 5.99. The van der Waals surface area contributed by atoms with Crippen LogP contribution in [0.4, 0.5) is 5.82 Å². The SMILES string of the molecule is CNc1cc(-c2cn(C(C)C)c3nnccc23)nc2c(C(N)=O)cnn12. The van der Waals surface area contributed by atoms with E-state index in [9.17, 15) is 4.79 Å². The molecule has 0 fully saturated rings. The summed E-state index contributed by atoms with van der Waals surface area (Å²) < 4.78 is 3.61. The topological polar surface area (TPSA) is 116 Å².